The van der Waals surface area contributed by atoms with E-state index in [1.807, 2.05) is 0 Å². The molecule has 0 aromatic rings. The predicted molar refractivity (Wildman–Crippen MR) is 50.6 cm³/mol. The van der Waals surface area contributed by atoms with Gasteiger partial charge in [-0.3, -0.25) is 0 Å². The lowest BCUT2D eigenvalue weighted by molar-refractivity contribution is 0.647. The lowest BCUT2D eigenvalue weighted by Gasteiger charge is -2.05. The van der Waals surface area contributed by atoms with Crippen LogP contribution in [0.15, 0.2) is 11.6 Å². The van der Waals surface area contributed by atoms with E-state index in [0.717, 1.165) is 11.8 Å². The maximum Gasteiger partial charge on any atom is -0.0232 e. The molecule has 1 fully saturated rings. The summed E-state index contributed by atoms with van der Waals surface area (Å²) in [5, 5.41) is 0. The molecule has 0 aliphatic heterocycles. The van der Waals surface area contributed by atoms with Crippen LogP contribution in [0.25, 0.3) is 0 Å². The van der Waals surface area contributed by atoms with Crippen molar-refractivity contribution in [3.8, 4) is 0 Å². The van der Waals surface area contributed by atoms with E-state index in [0.29, 0.717) is 0 Å². The molecule has 1 unspecified atom stereocenters. The molecule has 0 aromatic heterocycles. The molecule has 0 amide bonds. The van der Waals surface area contributed by atoms with E-state index in [1.165, 1.54) is 25.7 Å². The smallest absolute Gasteiger partial charge is 0.0232 e. The van der Waals surface area contributed by atoms with E-state index in [4.69, 9.17) is 0 Å². The molecule has 0 saturated heterocycles. The number of hydrogen-bond acceptors (Lipinski definition) is 0. The van der Waals surface area contributed by atoms with Gasteiger partial charge in [0.05, 0.1) is 0 Å². The fourth-order valence-corrected chi connectivity index (χ4v) is 1.73. The van der Waals surface area contributed by atoms with E-state index in [9.17, 15) is 0 Å². The van der Waals surface area contributed by atoms with Gasteiger partial charge < -0.3 is 0 Å². The highest BCUT2D eigenvalue weighted by Crippen LogP contribution is 2.30. The Kier molecular flexibility index (Phi) is 3.16. The Bertz CT molecular complexity index is 142. The minimum Gasteiger partial charge on any atom is -0.0848 e. The molecule has 0 heteroatoms. The monoisotopic (exact) mass is 152 g/mol. The molecule has 1 aliphatic rings. The van der Waals surface area contributed by atoms with Gasteiger partial charge in [-0.05, 0) is 37.5 Å². The Morgan fingerprint density at radius 2 is 2.27 bits per heavy atom. The summed E-state index contributed by atoms with van der Waals surface area (Å²) in [5.74, 6) is 1.71. The highest BCUT2D eigenvalue weighted by Gasteiger charge is 2.14. The number of rotatable bonds is 2. The first-order chi connectivity index (χ1) is 5.20. The molecule has 0 aromatic carbocycles. The van der Waals surface area contributed by atoms with Gasteiger partial charge in [0.25, 0.3) is 0 Å². The molecule has 1 rings (SSSR count). The van der Waals surface area contributed by atoms with Crippen molar-refractivity contribution in [3.63, 3.8) is 0 Å². The Labute approximate surface area is 70.7 Å². The Hall–Kier alpha value is -0.260. The summed E-state index contributed by atoms with van der Waals surface area (Å²) >= 11 is 0. The van der Waals surface area contributed by atoms with Crippen molar-refractivity contribution in [2.45, 2.75) is 46.5 Å². The van der Waals surface area contributed by atoms with Crippen LogP contribution in [0.5, 0.6) is 0 Å². The first kappa shape index (κ1) is 8.83. The molecule has 64 valence electrons. The average molecular weight is 152 g/mol. The van der Waals surface area contributed by atoms with Crippen LogP contribution in [-0.2, 0) is 0 Å². The maximum atomic E-state index is 2.47. The summed E-state index contributed by atoms with van der Waals surface area (Å²) in [6.45, 7) is 6.94. The zero-order valence-corrected chi connectivity index (χ0v) is 8.06. The zero-order chi connectivity index (χ0) is 8.27. The average Bonchev–Trinajstić information content (AvgIpc) is 2.31. The lowest BCUT2D eigenvalue weighted by Crippen LogP contribution is -1.90. The second-order valence-corrected chi connectivity index (χ2v) is 4.20. The molecule has 1 atom stereocenters. The third-order valence-corrected chi connectivity index (χ3v) is 2.59. The Balaban J connectivity index is 2.39. The SMILES string of the molecule is CC(C)CC=C1CCCC1C. The molecule has 1 aliphatic carbocycles. The fraction of sp³-hybridized carbons (Fsp3) is 0.818. The number of allylic oxidation sites excluding steroid dienone is 2. The van der Waals surface area contributed by atoms with E-state index in [1.54, 1.807) is 5.57 Å². The summed E-state index contributed by atoms with van der Waals surface area (Å²) in [7, 11) is 0. The van der Waals surface area contributed by atoms with Crippen molar-refractivity contribution in [2.24, 2.45) is 11.8 Å². The molecule has 0 nitrogen and oxygen atoms in total. The van der Waals surface area contributed by atoms with Crippen LogP contribution in [-0.4, -0.2) is 0 Å². The van der Waals surface area contributed by atoms with Crippen LogP contribution in [0.3, 0.4) is 0 Å². The first-order valence-corrected chi connectivity index (χ1v) is 4.89. The molecule has 11 heavy (non-hydrogen) atoms. The van der Waals surface area contributed by atoms with Gasteiger partial charge in [-0.2, -0.15) is 0 Å². The van der Waals surface area contributed by atoms with Crippen LogP contribution in [0.4, 0.5) is 0 Å². The molecule has 0 bridgehead atoms. The predicted octanol–water partition coefficient (Wildman–Crippen LogP) is 3.78. The quantitative estimate of drug-likeness (QED) is 0.528. The molecular formula is C11H20. The summed E-state index contributed by atoms with van der Waals surface area (Å²) < 4.78 is 0. The topological polar surface area (TPSA) is 0 Å². The molecule has 0 heterocycles. The minimum atomic E-state index is 0.829. The van der Waals surface area contributed by atoms with Crippen molar-refractivity contribution in [1.29, 1.82) is 0 Å². The van der Waals surface area contributed by atoms with Crippen molar-refractivity contribution >= 4 is 0 Å². The van der Waals surface area contributed by atoms with Crippen LogP contribution in [0.1, 0.15) is 46.5 Å². The van der Waals surface area contributed by atoms with Crippen molar-refractivity contribution in [2.75, 3.05) is 0 Å². The minimum absolute atomic E-state index is 0.829. The largest absolute Gasteiger partial charge is 0.0848 e. The van der Waals surface area contributed by atoms with Gasteiger partial charge in [-0.15, -0.1) is 0 Å². The summed E-state index contributed by atoms with van der Waals surface area (Å²) in [4.78, 5) is 0. The van der Waals surface area contributed by atoms with Gasteiger partial charge in [0.1, 0.15) is 0 Å². The van der Waals surface area contributed by atoms with Gasteiger partial charge in [-0.1, -0.05) is 32.4 Å². The third-order valence-electron chi connectivity index (χ3n) is 2.59. The molecule has 0 radical (unpaired) electrons. The summed E-state index contributed by atoms with van der Waals surface area (Å²) in [6, 6.07) is 0. The van der Waals surface area contributed by atoms with Crippen molar-refractivity contribution < 1.29 is 0 Å². The highest BCUT2D eigenvalue weighted by molar-refractivity contribution is 5.09. The van der Waals surface area contributed by atoms with Crippen LogP contribution < -0.4 is 0 Å². The molecular weight excluding hydrogens is 132 g/mol. The van der Waals surface area contributed by atoms with Gasteiger partial charge in [0.2, 0.25) is 0 Å². The van der Waals surface area contributed by atoms with Crippen LogP contribution >= 0.6 is 0 Å². The van der Waals surface area contributed by atoms with Crippen LogP contribution in [0.2, 0.25) is 0 Å². The standard InChI is InChI=1S/C11H20/c1-9(2)7-8-11-6-4-5-10(11)3/h8-10H,4-7H2,1-3H3. The Morgan fingerprint density at radius 3 is 2.73 bits per heavy atom. The van der Waals surface area contributed by atoms with E-state index < -0.39 is 0 Å². The Morgan fingerprint density at radius 1 is 1.55 bits per heavy atom. The molecule has 1 saturated carbocycles. The van der Waals surface area contributed by atoms with E-state index >= 15 is 0 Å². The first-order valence-electron chi connectivity index (χ1n) is 4.89. The lowest BCUT2D eigenvalue weighted by atomic mass is 10.0. The van der Waals surface area contributed by atoms with Gasteiger partial charge in [-0.25, -0.2) is 0 Å². The van der Waals surface area contributed by atoms with E-state index in [2.05, 4.69) is 26.8 Å². The zero-order valence-electron chi connectivity index (χ0n) is 8.06. The van der Waals surface area contributed by atoms with Gasteiger partial charge in [0.15, 0.2) is 0 Å². The second kappa shape index (κ2) is 3.94. The summed E-state index contributed by atoms with van der Waals surface area (Å²) in [5.41, 5.74) is 1.72. The van der Waals surface area contributed by atoms with Crippen LogP contribution in [0, 0.1) is 11.8 Å². The van der Waals surface area contributed by atoms with Crippen molar-refractivity contribution in [3.05, 3.63) is 11.6 Å². The van der Waals surface area contributed by atoms with Gasteiger partial charge in [0, 0.05) is 0 Å². The summed E-state index contributed by atoms with van der Waals surface area (Å²) in [6.07, 6.45) is 7.96. The number of hydrogen-bond donors (Lipinski definition) is 0. The normalized spacial score (nSPS) is 28.7. The van der Waals surface area contributed by atoms with Gasteiger partial charge >= 0.3 is 0 Å². The molecule has 0 N–H and O–H groups in total. The fourth-order valence-electron chi connectivity index (χ4n) is 1.73. The highest BCUT2D eigenvalue weighted by atomic mass is 14.2. The van der Waals surface area contributed by atoms with Crippen molar-refractivity contribution in [1.82, 2.24) is 0 Å². The second-order valence-electron chi connectivity index (χ2n) is 4.20. The molecule has 0 spiro atoms. The maximum absolute atomic E-state index is 2.47. The third kappa shape index (κ3) is 2.69. The van der Waals surface area contributed by atoms with E-state index in [-0.39, 0.29) is 0 Å².